The van der Waals surface area contributed by atoms with Crippen molar-refractivity contribution in [3.05, 3.63) is 30.1 Å². The van der Waals surface area contributed by atoms with Crippen LogP contribution in [0.2, 0.25) is 0 Å². The largest absolute Gasteiger partial charge is 0.321 e. The summed E-state index contributed by atoms with van der Waals surface area (Å²) in [4.78, 5) is 15.4. The molecule has 1 atom stereocenters. The normalized spacial score (nSPS) is 12.4. The molecule has 0 aliphatic heterocycles. The number of pyridine rings is 1. The van der Waals surface area contributed by atoms with Gasteiger partial charge in [0.1, 0.15) is 0 Å². The fourth-order valence-electron chi connectivity index (χ4n) is 1.30. The van der Waals surface area contributed by atoms with Gasteiger partial charge in [0, 0.05) is 18.8 Å². The molecule has 1 aromatic rings. The molecule has 1 unspecified atom stereocenters. The number of carbonyl (C=O) groups is 1. The van der Waals surface area contributed by atoms with Crippen molar-refractivity contribution in [3.63, 3.8) is 0 Å². The van der Waals surface area contributed by atoms with Gasteiger partial charge in [0.25, 0.3) is 0 Å². The molecule has 3 nitrogen and oxygen atoms in total. The third kappa shape index (κ3) is 3.26. The molecule has 0 aromatic carbocycles. The lowest BCUT2D eigenvalue weighted by atomic mass is 10.0. The summed E-state index contributed by atoms with van der Waals surface area (Å²) in [6.45, 7) is 2.03. The van der Waals surface area contributed by atoms with E-state index in [9.17, 15) is 4.79 Å². The van der Waals surface area contributed by atoms with Crippen molar-refractivity contribution in [2.75, 3.05) is 0 Å². The lowest BCUT2D eigenvalue weighted by molar-refractivity contribution is -0.119. The Hall–Kier alpha value is -1.22. The van der Waals surface area contributed by atoms with Gasteiger partial charge < -0.3 is 5.73 Å². The molecule has 2 N–H and O–H groups in total. The van der Waals surface area contributed by atoms with Crippen LogP contribution in [0.15, 0.2) is 24.5 Å². The Balaban J connectivity index is 2.49. The molecule has 0 amide bonds. The summed E-state index contributed by atoms with van der Waals surface area (Å²) in [7, 11) is 0. The number of hydrogen-bond acceptors (Lipinski definition) is 3. The Morgan fingerprint density at radius 2 is 2.14 bits per heavy atom. The van der Waals surface area contributed by atoms with Gasteiger partial charge in [-0.3, -0.25) is 9.78 Å². The van der Waals surface area contributed by atoms with E-state index in [2.05, 4.69) is 4.98 Å². The topological polar surface area (TPSA) is 56.0 Å². The van der Waals surface area contributed by atoms with E-state index in [1.165, 1.54) is 0 Å². The van der Waals surface area contributed by atoms with Gasteiger partial charge in [0.2, 0.25) is 0 Å². The summed E-state index contributed by atoms with van der Waals surface area (Å²) in [5.74, 6) is 0.109. The van der Waals surface area contributed by atoms with Gasteiger partial charge in [-0.05, 0) is 24.1 Å². The summed E-state index contributed by atoms with van der Waals surface area (Å²) in [5, 5.41) is 0. The zero-order valence-electron chi connectivity index (χ0n) is 8.44. The van der Waals surface area contributed by atoms with Crippen LogP contribution in [0.4, 0.5) is 0 Å². The van der Waals surface area contributed by atoms with Gasteiger partial charge in [0.15, 0.2) is 5.78 Å². The van der Waals surface area contributed by atoms with Crippen LogP contribution in [-0.4, -0.2) is 16.8 Å². The van der Waals surface area contributed by atoms with Crippen molar-refractivity contribution in [1.29, 1.82) is 0 Å². The number of ketones is 1. The van der Waals surface area contributed by atoms with Crippen molar-refractivity contribution in [3.8, 4) is 0 Å². The summed E-state index contributed by atoms with van der Waals surface area (Å²) in [5.41, 5.74) is 6.69. The van der Waals surface area contributed by atoms with Gasteiger partial charge in [-0.25, -0.2) is 0 Å². The van der Waals surface area contributed by atoms with Crippen molar-refractivity contribution in [2.24, 2.45) is 5.73 Å². The molecule has 3 heteroatoms. The number of nitrogens with two attached hydrogens (primary N) is 1. The van der Waals surface area contributed by atoms with E-state index >= 15 is 0 Å². The molecule has 76 valence electrons. The molecule has 1 aromatic heterocycles. The number of hydrogen-bond donors (Lipinski definition) is 1. The Kier molecular flexibility index (Phi) is 4.26. The first-order valence-electron chi connectivity index (χ1n) is 4.91. The van der Waals surface area contributed by atoms with E-state index in [0.717, 1.165) is 18.4 Å². The monoisotopic (exact) mass is 192 g/mol. The molecule has 1 rings (SSSR count). The zero-order valence-corrected chi connectivity index (χ0v) is 8.44. The van der Waals surface area contributed by atoms with Crippen molar-refractivity contribution in [2.45, 2.75) is 32.2 Å². The maximum Gasteiger partial charge on any atom is 0.153 e. The van der Waals surface area contributed by atoms with E-state index in [1.807, 2.05) is 19.1 Å². The lowest BCUT2D eigenvalue weighted by Gasteiger charge is -2.08. The minimum atomic E-state index is -0.312. The van der Waals surface area contributed by atoms with Crippen molar-refractivity contribution in [1.82, 2.24) is 4.98 Å². The van der Waals surface area contributed by atoms with Gasteiger partial charge in [0.05, 0.1) is 6.04 Å². The standard InChI is InChI=1S/C11H16N2O/c1-2-3-10(12)11(14)8-9-4-6-13-7-5-9/h4-7,10H,2-3,8,12H2,1H3. The third-order valence-corrected chi connectivity index (χ3v) is 2.14. The van der Waals surface area contributed by atoms with Gasteiger partial charge in [-0.2, -0.15) is 0 Å². The summed E-state index contributed by atoms with van der Waals surface area (Å²) < 4.78 is 0. The Morgan fingerprint density at radius 1 is 1.50 bits per heavy atom. The minimum absolute atomic E-state index is 0.109. The van der Waals surface area contributed by atoms with E-state index in [-0.39, 0.29) is 11.8 Å². The fraction of sp³-hybridized carbons (Fsp3) is 0.455. The molecule has 0 saturated heterocycles. The molecule has 0 bridgehead atoms. The summed E-state index contributed by atoms with van der Waals surface area (Å²) in [6, 6.07) is 3.38. The Bertz CT molecular complexity index is 285. The highest BCUT2D eigenvalue weighted by molar-refractivity contribution is 5.85. The minimum Gasteiger partial charge on any atom is -0.321 e. The molecule has 0 aliphatic carbocycles. The van der Waals surface area contributed by atoms with Gasteiger partial charge in [-0.1, -0.05) is 13.3 Å². The van der Waals surface area contributed by atoms with Crippen LogP contribution in [0.1, 0.15) is 25.3 Å². The van der Waals surface area contributed by atoms with E-state index < -0.39 is 0 Å². The zero-order chi connectivity index (χ0) is 10.4. The molecular weight excluding hydrogens is 176 g/mol. The summed E-state index contributed by atoms with van der Waals surface area (Å²) >= 11 is 0. The molecular formula is C11H16N2O. The Morgan fingerprint density at radius 3 is 2.71 bits per heavy atom. The number of rotatable bonds is 5. The van der Waals surface area contributed by atoms with Crippen molar-refractivity contribution < 1.29 is 4.79 Å². The highest BCUT2D eigenvalue weighted by atomic mass is 16.1. The van der Waals surface area contributed by atoms with Crippen LogP contribution >= 0.6 is 0 Å². The highest BCUT2D eigenvalue weighted by Gasteiger charge is 2.12. The van der Waals surface area contributed by atoms with E-state index in [0.29, 0.717) is 6.42 Å². The molecule has 0 radical (unpaired) electrons. The average Bonchev–Trinajstić information content (AvgIpc) is 2.19. The third-order valence-electron chi connectivity index (χ3n) is 2.14. The van der Waals surface area contributed by atoms with E-state index in [4.69, 9.17) is 5.73 Å². The predicted octanol–water partition coefficient (Wildman–Crippen LogP) is 1.32. The number of aromatic nitrogens is 1. The van der Waals surface area contributed by atoms with E-state index in [1.54, 1.807) is 12.4 Å². The first-order chi connectivity index (χ1) is 6.74. The molecule has 14 heavy (non-hydrogen) atoms. The Labute approximate surface area is 84.3 Å². The first-order valence-corrected chi connectivity index (χ1v) is 4.91. The SMILES string of the molecule is CCCC(N)C(=O)Cc1ccncc1. The quantitative estimate of drug-likeness (QED) is 0.765. The van der Waals surface area contributed by atoms with Gasteiger partial charge >= 0.3 is 0 Å². The van der Waals surface area contributed by atoms with Crippen LogP contribution in [-0.2, 0) is 11.2 Å². The van der Waals surface area contributed by atoms with Crippen LogP contribution < -0.4 is 5.73 Å². The molecule has 0 aliphatic rings. The first kappa shape index (κ1) is 10.9. The van der Waals surface area contributed by atoms with Crippen LogP contribution in [0, 0.1) is 0 Å². The second kappa shape index (κ2) is 5.50. The van der Waals surface area contributed by atoms with Crippen molar-refractivity contribution >= 4 is 5.78 Å². The smallest absolute Gasteiger partial charge is 0.153 e. The number of nitrogens with zero attached hydrogens (tertiary/aromatic N) is 1. The number of Topliss-reactive ketones (excluding diaryl/α,β-unsaturated/α-hetero) is 1. The second-order valence-electron chi connectivity index (χ2n) is 3.39. The molecule has 0 fully saturated rings. The molecule has 1 heterocycles. The maximum absolute atomic E-state index is 11.6. The van der Waals surface area contributed by atoms with Crippen LogP contribution in [0.25, 0.3) is 0 Å². The predicted molar refractivity (Wildman–Crippen MR) is 55.8 cm³/mol. The second-order valence-corrected chi connectivity index (χ2v) is 3.39. The van der Waals surface area contributed by atoms with Crippen LogP contribution in [0.5, 0.6) is 0 Å². The summed E-state index contributed by atoms with van der Waals surface area (Å²) in [6.07, 6.45) is 5.51. The van der Waals surface area contributed by atoms with Gasteiger partial charge in [-0.15, -0.1) is 0 Å². The molecule has 0 spiro atoms. The van der Waals surface area contributed by atoms with Crippen LogP contribution in [0.3, 0.4) is 0 Å². The fourth-order valence-corrected chi connectivity index (χ4v) is 1.30. The molecule has 0 saturated carbocycles. The average molecular weight is 192 g/mol. The number of carbonyl (C=O) groups excluding carboxylic acids is 1. The lowest BCUT2D eigenvalue weighted by Crippen LogP contribution is -2.31. The highest BCUT2D eigenvalue weighted by Crippen LogP contribution is 2.02. The maximum atomic E-state index is 11.6.